The van der Waals surface area contributed by atoms with Crippen LogP contribution in [0, 0.1) is 23.2 Å². The molecule has 0 radical (unpaired) electrons. The zero-order valence-electron chi connectivity index (χ0n) is 8.24. The molecule has 0 bridgehead atoms. The van der Waals surface area contributed by atoms with Gasteiger partial charge in [0.15, 0.2) is 0 Å². The lowest BCUT2D eigenvalue weighted by molar-refractivity contribution is 1.22. The van der Waals surface area contributed by atoms with E-state index in [2.05, 4.69) is 21.8 Å². The summed E-state index contributed by atoms with van der Waals surface area (Å²) in [4.78, 5) is 7.99. The number of benzene rings is 1. The Kier molecular flexibility index (Phi) is 3.00. The van der Waals surface area contributed by atoms with Gasteiger partial charge in [-0.25, -0.2) is 9.97 Å². The molecular weight excluding hydrogens is 222 g/mol. The molecule has 0 saturated heterocycles. The molecule has 76 valence electrons. The van der Waals surface area contributed by atoms with Crippen molar-refractivity contribution in [3.63, 3.8) is 0 Å². The Morgan fingerprint density at radius 3 is 3.00 bits per heavy atom. The summed E-state index contributed by atoms with van der Waals surface area (Å²) in [6.45, 7) is 0. The first kappa shape index (κ1) is 10.4. The second-order valence-electron chi connectivity index (χ2n) is 3.03. The maximum Gasteiger partial charge on any atom is 0.140 e. The second kappa shape index (κ2) is 4.61. The molecule has 0 spiro atoms. The van der Waals surface area contributed by atoms with E-state index in [1.807, 2.05) is 24.3 Å². The van der Waals surface area contributed by atoms with Crippen LogP contribution in [0.4, 0.5) is 0 Å². The third kappa shape index (κ3) is 2.11. The molecule has 0 aliphatic rings. The standard InChI is InChI=1S/C12H6ClN3/c13-12-10-5-4-9(3-1-2-6-14)7-11(10)15-8-16-12/h4-5,7-8H,2H2. The minimum Gasteiger partial charge on any atom is -0.236 e. The van der Waals surface area contributed by atoms with Gasteiger partial charge in [-0.1, -0.05) is 23.4 Å². The normalized spacial score (nSPS) is 9.25. The minimum absolute atomic E-state index is 0.225. The van der Waals surface area contributed by atoms with E-state index in [1.165, 1.54) is 6.33 Å². The van der Waals surface area contributed by atoms with Gasteiger partial charge in [0.1, 0.15) is 11.5 Å². The molecule has 1 aromatic heterocycles. The molecule has 0 N–H and O–H groups in total. The van der Waals surface area contributed by atoms with Crippen LogP contribution in [0.2, 0.25) is 5.15 Å². The molecule has 2 aromatic rings. The summed E-state index contributed by atoms with van der Waals surface area (Å²) in [7, 11) is 0. The van der Waals surface area contributed by atoms with E-state index in [1.54, 1.807) is 0 Å². The van der Waals surface area contributed by atoms with Gasteiger partial charge in [-0.3, -0.25) is 0 Å². The van der Waals surface area contributed by atoms with Crippen LogP contribution in [0.25, 0.3) is 10.9 Å². The summed E-state index contributed by atoms with van der Waals surface area (Å²) in [6.07, 6.45) is 1.64. The van der Waals surface area contributed by atoms with Crippen LogP contribution in [0.1, 0.15) is 12.0 Å². The zero-order valence-corrected chi connectivity index (χ0v) is 8.99. The minimum atomic E-state index is 0.225. The van der Waals surface area contributed by atoms with Gasteiger partial charge in [-0.05, 0) is 18.2 Å². The Hall–Kier alpha value is -2.10. The maximum atomic E-state index is 8.36. The van der Waals surface area contributed by atoms with Crippen molar-refractivity contribution in [1.29, 1.82) is 5.26 Å². The predicted octanol–water partition coefficient (Wildman–Crippen LogP) is 2.55. The molecule has 0 amide bonds. The Balaban J connectivity index is 2.47. The molecule has 4 heteroatoms. The highest BCUT2D eigenvalue weighted by atomic mass is 35.5. The zero-order chi connectivity index (χ0) is 11.4. The third-order valence-electron chi connectivity index (χ3n) is 1.99. The molecular formula is C12H6ClN3. The largest absolute Gasteiger partial charge is 0.236 e. The van der Waals surface area contributed by atoms with Crippen molar-refractivity contribution < 1.29 is 0 Å². The molecule has 0 aliphatic heterocycles. The Labute approximate surface area is 97.7 Å². The summed E-state index contributed by atoms with van der Waals surface area (Å²) in [5.74, 6) is 5.62. The van der Waals surface area contributed by atoms with Crippen LogP contribution in [0.3, 0.4) is 0 Å². The summed E-state index contributed by atoms with van der Waals surface area (Å²) < 4.78 is 0. The molecule has 2 rings (SSSR count). The van der Waals surface area contributed by atoms with E-state index in [0.717, 1.165) is 16.5 Å². The van der Waals surface area contributed by atoms with Gasteiger partial charge in [0.25, 0.3) is 0 Å². The lowest BCUT2D eigenvalue weighted by atomic mass is 10.1. The second-order valence-corrected chi connectivity index (χ2v) is 3.39. The number of halogens is 1. The van der Waals surface area contributed by atoms with Crippen LogP contribution < -0.4 is 0 Å². The lowest BCUT2D eigenvalue weighted by Crippen LogP contribution is -1.84. The Morgan fingerprint density at radius 1 is 1.31 bits per heavy atom. The number of aromatic nitrogens is 2. The predicted molar refractivity (Wildman–Crippen MR) is 61.7 cm³/mol. The van der Waals surface area contributed by atoms with Crippen LogP contribution in [-0.4, -0.2) is 9.97 Å². The van der Waals surface area contributed by atoms with E-state index < -0.39 is 0 Å². The monoisotopic (exact) mass is 227 g/mol. The Bertz CT molecular complexity index is 632. The average molecular weight is 228 g/mol. The van der Waals surface area contributed by atoms with Gasteiger partial charge in [0, 0.05) is 10.9 Å². The number of rotatable bonds is 0. The highest BCUT2D eigenvalue weighted by Gasteiger charge is 2.00. The van der Waals surface area contributed by atoms with E-state index >= 15 is 0 Å². The molecule has 0 unspecified atom stereocenters. The number of fused-ring (bicyclic) bond motifs is 1. The Morgan fingerprint density at radius 2 is 2.19 bits per heavy atom. The first-order valence-corrected chi connectivity index (χ1v) is 4.95. The number of nitriles is 1. The first-order valence-electron chi connectivity index (χ1n) is 4.57. The van der Waals surface area contributed by atoms with Crippen molar-refractivity contribution in [3.8, 4) is 17.9 Å². The maximum absolute atomic E-state index is 8.36. The van der Waals surface area contributed by atoms with Crippen molar-refractivity contribution in [2.75, 3.05) is 0 Å². The van der Waals surface area contributed by atoms with E-state index in [4.69, 9.17) is 16.9 Å². The average Bonchev–Trinajstić information content (AvgIpc) is 2.30. The van der Waals surface area contributed by atoms with E-state index in [9.17, 15) is 0 Å². The van der Waals surface area contributed by atoms with Crippen LogP contribution in [-0.2, 0) is 0 Å². The number of hydrogen-bond donors (Lipinski definition) is 0. The van der Waals surface area contributed by atoms with Gasteiger partial charge in [-0.2, -0.15) is 5.26 Å². The van der Waals surface area contributed by atoms with Crippen molar-refractivity contribution in [3.05, 3.63) is 35.2 Å². The van der Waals surface area contributed by atoms with Gasteiger partial charge >= 0.3 is 0 Å². The molecule has 0 atom stereocenters. The SMILES string of the molecule is N#CCC#Cc1ccc2c(Cl)ncnc2c1. The van der Waals surface area contributed by atoms with Crippen molar-refractivity contribution in [2.24, 2.45) is 0 Å². The van der Waals surface area contributed by atoms with Gasteiger partial charge in [-0.15, -0.1) is 0 Å². The molecule has 3 nitrogen and oxygen atoms in total. The molecule has 0 fully saturated rings. The van der Waals surface area contributed by atoms with Crippen molar-refractivity contribution in [2.45, 2.75) is 6.42 Å². The lowest BCUT2D eigenvalue weighted by Gasteiger charge is -1.98. The van der Waals surface area contributed by atoms with Gasteiger partial charge in [0.2, 0.25) is 0 Å². The molecule has 1 heterocycles. The number of nitrogens with zero attached hydrogens (tertiary/aromatic N) is 3. The molecule has 0 aliphatic carbocycles. The smallest absolute Gasteiger partial charge is 0.140 e. The van der Waals surface area contributed by atoms with Crippen molar-refractivity contribution in [1.82, 2.24) is 9.97 Å². The van der Waals surface area contributed by atoms with Crippen LogP contribution >= 0.6 is 11.6 Å². The molecule has 1 aromatic carbocycles. The van der Waals surface area contributed by atoms with Crippen LogP contribution in [0.5, 0.6) is 0 Å². The summed E-state index contributed by atoms with van der Waals surface area (Å²) in [5.41, 5.74) is 1.57. The molecule has 16 heavy (non-hydrogen) atoms. The fourth-order valence-electron chi connectivity index (χ4n) is 1.29. The quantitative estimate of drug-likeness (QED) is 0.513. The van der Waals surface area contributed by atoms with E-state index in [-0.39, 0.29) is 6.42 Å². The third-order valence-corrected chi connectivity index (χ3v) is 2.29. The number of hydrogen-bond acceptors (Lipinski definition) is 3. The fourth-order valence-corrected chi connectivity index (χ4v) is 1.49. The summed E-state index contributed by atoms with van der Waals surface area (Å²) in [5, 5.41) is 9.59. The summed E-state index contributed by atoms with van der Waals surface area (Å²) in [6, 6.07) is 7.45. The first-order chi connectivity index (χ1) is 7.81. The highest BCUT2D eigenvalue weighted by Crippen LogP contribution is 2.19. The topological polar surface area (TPSA) is 49.6 Å². The summed E-state index contributed by atoms with van der Waals surface area (Å²) >= 11 is 5.91. The molecule has 0 saturated carbocycles. The van der Waals surface area contributed by atoms with Gasteiger partial charge in [0.05, 0.1) is 18.0 Å². The van der Waals surface area contributed by atoms with Crippen molar-refractivity contribution >= 4 is 22.5 Å². The highest BCUT2D eigenvalue weighted by molar-refractivity contribution is 6.34. The van der Waals surface area contributed by atoms with E-state index in [0.29, 0.717) is 5.15 Å². The fraction of sp³-hybridized carbons (Fsp3) is 0.0833. The van der Waals surface area contributed by atoms with Crippen LogP contribution in [0.15, 0.2) is 24.5 Å². The van der Waals surface area contributed by atoms with Gasteiger partial charge < -0.3 is 0 Å².